The van der Waals surface area contributed by atoms with Crippen LogP contribution in [0.25, 0.3) is 5.65 Å². The summed E-state index contributed by atoms with van der Waals surface area (Å²) in [5.74, 6) is 0.929. The highest BCUT2D eigenvalue weighted by atomic mass is 19.1. The molecule has 1 aliphatic rings. The van der Waals surface area contributed by atoms with Crippen LogP contribution in [0.5, 0.6) is 5.75 Å². The van der Waals surface area contributed by atoms with Crippen molar-refractivity contribution in [2.24, 2.45) is 0 Å². The van der Waals surface area contributed by atoms with Gasteiger partial charge in [0.15, 0.2) is 5.65 Å². The van der Waals surface area contributed by atoms with Gasteiger partial charge in [0.25, 0.3) is 5.91 Å². The standard InChI is InChI=1S/C21H26FN7O2/c1-4-28(5-2)27-21(30)15-12-24-29-19(23-3)11-18(26-20(15)29)25-16-10-13(22)6-9-17(16)31-14-7-8-14/h6,9-12,14,23H,4-5,7-8H2,1-3H3,(H,25,26)(H,27,30). The molecule has 0 bridgehead atoms. The molecule has 0 radical (unpaired) electrons. The van der Waals surface area contributed by atoms with E-state index in [2.05, 4.69) is 26.1 Å². The molecule has 9 nitrogen and oxygen atoms in total. The number of fused-ring (bicyclic) bond motifs is 1. The lowest BCUT2D eigenvalue weighted by molar-refractivity contribution is 0.0807. The lowest BCUT2D eigenvalue weighted by Gasteiger charge is -2.18. The number of anilines is 3. The van der Waals surface area contributed by atoms with Crippen LogP contribution in [0.1, 0.15) is 37.0 Å². The van der Waals surface area contributed by atoms with Crippen LogP contribution in [-0.4, -0.2) is 51.8 Å². The maximum atomic E-state index is 13.9. The molecule has 0 aliphatic heterocycles. The summed E-state index contributed by atoms with van der Waals surface area (Å²) in [5, 5.41) is 12.3. The van der Waals surface area contributed by atoms with E-state index in [4.69, 9.17) is 4.74 Å². The van der Waals surface area contributed by atoms with Crippen LogP contribution in [-0.2, 0) is 0 Å². The van der Waals surface area contributed by atoms with Crippen molar-refractivity contribution >= 4 is 28.9 Å². The molecule has 2 aromatic heterocycles. The van der Waals surface area contributed by atoms with Crippen LogP contribution in [0.2, 0.25) is 0 Å². The number of halogens is 1. The van der Waals surface area contributed by atoms with E-state index in [-0.39, 0.29) is 17.8 Å². The Hall–Kier alpha value is -3.40. The van der Waals surface area contributed by atoms with Crippen molar-refractivity contribution in [3.05, 3.63) is 41.8 Å². The molecule has 1 fully saturated rings. The Morgan fingerprint density at radius 1 is 1.29 bits per heavy atom. The Morgan fingerprint density at radius 2 is 2.06 bits per heavy atom. The van der Waals surface area contributed by atoms with Crippen molar-refractivity contribution in [2.75, 3.05) is 30.8 Å². The summed E-state index contributed by atoms with van der Waals surface area (Å²) in [5.41, 5.74) is 4.03. The highest BCUT2D eigenvalue weighted by Gasteiger charge is 2.25. The Bertz CT molecular complexity index is 1090. The molecule has 0 unspecified atom stereocenters. The molecule has 1 aliphatic carbocycles. The highest BCUT2D eigenvalue weighted by molar-refractivity contribution is 5.99. The molecule has 10 heteroatoms. The molecule has 3 N–H and O–H groups in total. The molecule has 4 rings (SSSR count). The fraction of sp³-hybridized carbons (Fsp3) is 0.381. The number of benzene rings is 1. The van der Waals surface area contributed by atoms with E-state index < -0.39 is 0 Å². The van der Waals surface area contributed by atoms with Crippen molar-refractivity contribution in [1.82, 2.24) is 25.0 Å². The third-order valence-corrected chi connectivity index (χ3v) is 5.02. The van der Waals surface area contributed by atoms with Gasteiger partial charge in [0.2, 0.25) is 0 Å². The number of hydrogen-bond donors (Lipinski definition) is 3. The van der Waals surface area contributed by atoms with Gasteiger partial charge in [-0.25, -0.2) is 14.4 Å². The summed E-state index contributed by atoms with van der Waals surface area (Å²) >= 11 is 0. The third-order valence-electron chi connectivity index (χ3n) is 5.02. The maximum Gasteiger partial charge on any atom is 0.271 e. The van der Waals surface area contributed by atoms with E-state index in [9.17, 15) is 9.18 Å². The predicted molar refractivity (Wildman–Crippen MR) is 116 cm³/mol. The zero-order chi connectivity index (χ0) is 22.0. The van der Waals surface area contributed by atoms with E-state index in [1.807, 2.05) is 13.8 Å². The van der Waals surface area contributed by atoms with Crippen LogP contribution in [0.15, 0.2) is 30.5 Å². The first-order valence-electron chi connectivity index (χ1n) is 10.4. The van der Waals surface area contributed by atoms with Crippen LogP contribution in [0, 0.1) is 5.82 Å². The van der Waals surface area contributed by atoms with Gasteiger partial charge in [-0.1, -0.05) is 13.8 Å². The quantitative estimate of drug-likeness (QED) is 0.452. The summed E-state index contributed by atoms with van der Waals surface area (Å²) in [7, 11) is 1.75. The fourth-order valence-corrected chi connectivity index (χ4v) is 3.16. The Kier molecular flexibility index (Phi) is 5.90. The molecular formula is C21H26FN7O2. The number of nitrogens with zero attached hydrogens (tertiary/aromatic N) is 4. The number of carbonyl (C=O) groups is 1. The second kappa shape index (κ2) is 8.76. The third kappa shape index (κ3) is 4.53. The number of nitrogens with one attached hydrogen (secondary N) is 3. The first-order valence-corrected chi connectivity index (χ1v) is 10.4. The maximum absolute atomic E-state index is 13.9. The molecule has 0 spiro atoms. The van der Waals surface area contributed by atoms with Crippen molar-refractivity contribution in [1.29, 1.82) is 0 Å². The second-order valence-electron chi connectivity index (χ2n) is 7.27. The van der Waals surface area contributed by atoms with Crippen LogP contribution in [0.3, 0.4) is 0 Å². The Balaban J connectivity index is 1.69. The average molecular weight is 427 g/mol. The van der Waals surface area contributed by atoms with E-state index in [0.29, 0.717) is 47.4 Å². The van der Waals surface area contributed by atoms with Crippen molar-refractivity contribution < 1.29 is 13.9 Å². The molecule has 1 aromatic carbocycles. The summed E-state index contributed by atoms with van der Waals surface area (Å²) < 4.78 is 21.3. The van der Waals surface area contributed by atoms with E-state index >= 15 is 0 Å². The van der Waals surface area contributed by atoms with Gasteiger partial charge in [0.1, 0.15) is 28.8 Å². The zero-order valence-corrected chi connectivity index (χ0v) is 17.8. The highest BCUT2D eigenvalue weighted by Crippen LogP contribution is 2.34. The van der Waals surface area contributed by atoms with Gasteiger partial charge in [0, 0.05) is 32.3 Å². The zero-order valence-electron chi connectivity index (χ0n) is 17.8. The number of amides is 1. The minimum Gasteiger partial charge on any atom is -0.488 e. The molecule has 0 saturated heterocycles. The summed E-state index contributed by atoms with van der Waals surface area (Å²) in [6.07, 6.45) is 3.63. The van der Waals surface area contributed by atoms with Gasteiger partial charge < -0.3 is 15.4 Å². The molecule has 164 valence electrons. The van der Waals surface area contributed by atoms with Crippen molar-refractivity contribution in [3.63, 3.8) is 0 Å². The largest absolute Gasteiger partial charge is 0.488 e. The summed E-state index contributed by atoms with van der Waals surface area (Å²) in [4.78, 5) is 17.4. The molecule has 31 heavy (non-hydrogen) atoms. The molecule has 0 atom stereocenters. The van der Waals surface area contributed by atoms with Crippen molar-refractivity contribution in [2.45, 2.75) is 32.8 Å². The van der Waals surface area contributed by atoms with Gasteiger partial charge in [-0.05, 0) is 25.0 Å². The molecule has 1 saturated carbocycles. The predicted octanol–water partition coefficient (Wildman–Crippen LogP) is 3.18. The van der Waals surface area contributed by atoms with E-state index in [0.717, 1.165) is 12.8 Å². The minimum atomic E-state index is -0.385. The summed E-state index contributed by atoms with van der Waals surface area (Å²) in [6.45, 7) is 5.26. The molecule has 2 heterocycles. The fourth-order valence-electron chi connectivity index (χ4n) is 3.16. The molecule has 3 aromatic rings. The number of ether oxygens (including phenoxy) is 1. The first-order chi connectivity index (χ1) is 15.0. The topological polar surface area (TPSA) is 95.8 Å². The average Bonchev–Trinajstić information content (AvgIpc) is 3.49. The van der Waals surface area contributed by atoms with E-state index in [1.54, 1.807) is 28.7 Å². The van der Waals surface area contributed by atoms with Gasteiger partial charge >= 0.3 is 0 Å². The SMILES string of the molecule is CCN(CC)NC(=O)c1cnn2c(NC)cc(Nc3cc(F)ccc3OC3CC3)nc12. The number of hydrazine groups is 1. The summed E-state index contributed by atoms with van der Waals surface area (Å²) in [6, 6.07) is 6.07. The van der Waals surface area contributed by atoms with Crippen LogP contribution in [0.4, 0.5) is 21.7 Å². The van der Waals surface area contributed by atoms with Gasteiger partial charge in [-0.3, -0.25) is 10.2 Å². The monoisotopic (exact) mass is 427 g/mol. The van der Waals surface area contributed by atoms with Crippen molar-refractivity contribution in [3.8, 4) is 5.75 Å². The second-order valence-corrected chi connectivity index (χ2v) is 7.27. The molecular weight excluding hydrogens is 401 g/mol. The van der Waals surface area contributed by atoms with Gasteiger partial charge in [-0.2, -0.15) is 9.61 Å². The number of carbonyl (C=O) groups excluding carboxylic acids is 1. The van der Waals surface area contributed by atoms with Crippen LogP contribution < -0.4 is 20.8 Å². The first kappa shape index (κ1) is 20.9. The Labute approximate surface area is 179 Å². The number of hydrogen-bond acceptors (Lipinski definition) is 7. The molecule has 1 amide bonds. The smallest absolute Gasteiger partial charge is 0.271 e. The number of rotatable bonds is 9. The lowest BCUT2D eigenvalue weighted by atomic mass is 10.2. The van der Waals surface area contributed by atoms with Crippen LogP contribution >= 0.6 is 0 Å². The van der Waals surface area contributed by atoms with Gasteiger partial charge in [-0.15, -0.1) is 0 Å². The number of aromatic nitrogens is 3. The van der Waals surface area contributed by atoms with E-state index in [1.165, 1.54) is 18.3 Å². The Morgan fingerprint density at radius 3 is 2.74 bits per heavy atom. The normalized spacial score (nSPS) is 13.5. The van der Waals surface area contributed by atoms with Gasteiger partial charge in [0.05, 0.1) is 18.0 Å². The lowest BCUT2D eigenvalue weighted by Crippen LogP contribution is -2.41. The minimum absolute atomic E-state index is 0.166.